The normalized spacial score (nSPS) is 14.0. The molecule has 2 amide bonds. The minimum absolute atomic E-state index is 0.265. The van der Waals surface area contributed by atoms with Crippen LogP contribution >= 0.6 is 0 Å². The Kier molecular flexibility index (Phi) is 5.92. The van der Waals surface area contributed by atoms with E-state index in [9.17, 15) is 14.6 Å². The number of fused-ring (bicyclic) bond motifs is 1. The van der Waals surface area contributed by atoms with Gasteiger partial charge in [-0.25, -0.2) is 5.01 Å². The molecule has 3 N–H and O–H groups in total. The van der Waals surface area contributed by atoms with Crippen molar-refractivity contribution in [3.8, 4) is 0 Å². The van der Waals surface area contributed by atoms with Gasteiger partial charge >= 0.3 is 7.12 Å². The van der Waals surface area contributed by atoms with E-state index in [1.807, 2.05) is 59.7 Å². The van der Waals surface area contributed by atoms with E-state index in [0.29, 0.717) is 22.3 Å². The molecule has 0 spiro atoms. The van der Waals surface area contributed by atoms with E-state index in [2.05, 4.69) is 10.9 Å². The Morgan fingerprint density at radius 1 is 1.10 bits per heavy atom. The highest BCUT2D eigenvalue weighted by Gasteiger charge is 2.33. The van der Waals surface area contributed by atoms with Crippen LogP contribution in [0.4, 0.5) is 5.69 Å². The van der Waals surface area contributed by atoms with Crippen LogP contribution in [-0.4, -0.2) is 35.0 Å². The molecule has 0 radical (unpaired) electrons. The number of carbonyl (C=O) groups is 2. The van der Waals surface area contributed by atoms with E-state index in [-0.39, 0.29) is 17.4 Å². The number of carbonyl (C=O) groups excluding carboxylic acids is 2. The fraction of sp³-hybridized carbons (Fsp3) is 0.364. The van der Waals surface area contributed by atoms with Crippen LogP contribution in [0.5, 0.6) is 0 Å². The van der Waals surface area contributed by atoms with Crippen molar-refractivity contribution in [3.05, 3.63) is 58.7 Å². The van der Waals surface area contributed by atoms with Gasteiger partial charge in [-0.05, 0) is 50.5 Å². The average molecular weight is 409 g/mol. The second-order valence-corrected chi connectivity index (χ2v) is 8.91. The third-order valence-electron chi connectivity index (χ3n) is 5.41. The number of hydrogen-bond acceptors (Lipinski definition) is 5. The SMILES string of the molecule is Cc1cc(C)cc(C(=O)N(NC(=O)c2ccc3c(c2)NOB3O)[C@H](C)C(C)(C)C)c1. The zero-order valence-corrected chi connectivity index (χ0v) is 18.2. The number of nitrogens with one attached hydrogen (secondary N) is 2. The summed E-state index contributed by atoms with van der Waals surface area (Å²) in [6, 6.07) is 10.2. The molecule has 1 aliphatic rings. The number of benzene rings is 2. The van der Waals surface area contributed by atoms with Crippen LogP contribution < -0.4 is 16.4 Å². The number of amides is 2. The molecule has 2 aromatic rings. The molecule has 0 unspecified atom stereocenters. The van der Waals surface area contributed by atoms with Crippen LogP contribution in [0, 0.1) is 19.3 Å². The highest BCUT2D eigenvalue weighted by Crippen LogP contribution is 2.25. The maximum absolute atomic E-state index is 13.4. The van der Waals surface area contributed by atoms with Gasteiger partial charge < -0.3 is 5.02 Å². The Morgan fingerprint density at radius 2 is 1.73 bits per heavy atom. The van der Waals surface area contributed by atoms with Crippen molar-refractivity contribution in [2.75, 3.05) is 5.48 Å². The first-order valence-corrected chi connectivity index (χ1v) is 9.94. The van der Waals surface area contributed by atoms with Crippen LogP contribution in [0.25, 0.3) is 0 Å². The van der Waals surface area contributed by atoms with Gasteiger partial charge in [0.15, 0.2) is 0 Å². The third kappa shape index (κ3) is 4.50. The summed E-state index contributed by atoms with van der Waals surface area (Å²) in [5.41, 5.74) is 9.03. The first kappa shape index (κ1) is 21.9. The van der Waals surface area contributed by atoms with Crippen LogP contribution in [0.15, 0.2) is 36.4 Å². The van der Waals surface area contributed by atoms with Crippen LogP contribution in [0.2, 0.25) is 0 Å². The Balaban J connectivity index is 1.91. The summed E-state index contributed by atoms with van der Waals surface area (Å²) in [4.78, 5) is 26.4. The number of hydrogen-bond donors (Lipinski definition) is 3. The van der Waals surface area contributed by atoms with Crippen LogP contribution in [-0.2, 0) is 4.76 Å². The first-order valence-electron chi connectivity index (χ1n) is 9.94. The van der Waals surface area contributed by atoms with Crippen molar-refractivity contribution in [1.29, 1.82) is 0 Å². The number of hydrazine groups is 1. The maximum Gasteiger partial charge on any atom is 0.516 e. The molecule has 158 valence electrons. The second-order valence-electron chi connectivity index (χ2n) is 8.91. The number of anilines is 1. The Hall–Kier alpha value is -2.84. The largest absolute Gasteiger partial charge is 0.516 e. The second kappa shape index (κ2) is 8.12. The lowest BCUT2D eigenvalue weighted by atomic mass is 9.80. The lowest BCUT2D eigenvalue weighted by molar-refractivity contribution is 0.0337. The highest BCUT2D eigenvalue weighted by atomic mass is 16.7. The van der Waals surface area contributed by atoms with Gasteiger partial charge in [0.1, 0.15) is 0 Å². The quantitative estimate of drug-likeness (QED) is 0.536. The molecule has 8 heteroatoms. The van der Waals surface area contributed by atoms with Gasteiger partial charge in [0.05, 0.1) is 11.7 Å². The van der Waals surface area contributed by atoms with E-state index < -0.39 is 13.0 Å². The van der Waals surface area contributed by atoms with Crippen molar-refractivity contribution in [2.45, 2.75) is 47.6 Å². The Labute approximate surface area is 177 Å². The summed E-state index contributed by atoms with van der Waals surface area (Å²) in [5.74, 6) is -0.689. The minimum atomic E-state index is -1.07. The predicted octanol–water partition coefficient (Wildman–Crippen LogP) is 2.57. The molecular formula is C22H28BN3O4. The van der Waals surface area contributed by atoms with Gasteiger partial charge in [-0.1, -0.05) is 44.0 Å². The molecule has 1 aliphatic heterocycles. The first-order chi connectivity index (χ1) is 14.0. The summed E-state index contributed by atoms with van der Waals surface area (Å²) in [5, 5.41) is 11.1. The van der Waals surface area contributed by atoms with E-state index >= 15 is 0 Å². The van der Waals surface area contributed by atoms with Gasteiger partial charge in [0.2, 0.25) is 0 Å². The van der Waals surface area contributed by atoms with E-state index in [1.165, 1.54) is 5.01 Å². The summed E-state index contributed by atoms with van der Waals surface area (Å²) in [7, 11) is -1.07. The number of rotatable bonds is 3. The number of nitrogens with zero attached hydrogens (tertiary/aromatic N) is 1. The lowest BCUT2D eigenvalue weighted by Gasteiger charge is -2.37. The molecular weight excluding hydrogens is 381 g/mol. The fourth-order valence-electron chi connectivity index (χ4n) is 3.31. The molecule has 2 aromatic carbocycles. The van der Waals surface area contributed by atoms with Gasteiger partial charge in [0.25, 0.3) is 11.8 Å². The molecule has 1 atom stereocenters. The molecule has 3 rings (SSSR count). The smallest absolute Gasteiger partial charge is 0.422 e. The van der Waals surface area contributed by atoms with Gasteiger partial charge in [-0.15, -0.1) is 0 Å². The van der Waals surface area contributed by atoms with Crippen molar-refractivity contribution >= 4 is 30.1 Å². The van der Waals surface area contributed by atoms with Crippen molar-refractivity contribution < 1.29 is 19.4 Å². The molecule has 30 heavy (non-hydrogen) atoms. The summed E-state index contributed by atoms with van der Waals surface area (Å²) < 4.78 is 4.95. The minimum Gasteiger partial charge on any atom is -0.422 e. The van der Waals surface area contributed by atoms with Gasteiger partial charge in [-0.2, -0.15) is 0 Å². The Bertz CT molecular complexity index is 967. The monoisotopic (exact) mass is 409 g/mol. The van der Waals surface area contributed by atoms with Gasteiger partial charge in [-0.3, -0.25) is 25.3 Å². The van der Waals surface area contributed by atoms with Crippen LogP contribution in [0.3, 0.4) is 0 Å². The highest BCUT2D eigenvalue weighted by molar-refractivity contribution is 6.63. The maximum atomic E-state index is 13.4. The summed E-state index contributed by atoms with van der Waals surface area (Å²) in [6.45, 7) is 11.8. The van der Waals surface area contributed by atoms with Crippen LogP contribution in [0.1, 0.15) is 59.5 Å². The molecule has 7 nitrogen and oxygen atoms in total. The standard InChI is InChI=1S/C22H28BN3O4/c1-13-9-14(2)11-17(10-13)21(28)26(15(3)22(4,5)6)24-20(27)16-7-8-18-19(12-16)25-30-23(18)29/h7-12,15,25,29H,1-6H3,(H,24,27)/t15-/m1/s1. The Morgan fingerprint density at radius 3 is 2.33 bits per heavy atom. The lowest BCUT2D eigenvalue weighted by Crippen LogP contribution is -2.55. The fourth-order valence-corrected chi connectivity index (χ4v) is 3.31. The summed E-state index contributed by atoms with van der Waals surface area (Å²) >= 11 is 0. The van der Waals surface area contributed by atoms with Crippen molar-refractivity contribution in [2.24, 2.45) is 5.41 Å². The molecule has 0 fully saturated rings. The topological polar surface area (TPSA) is 90.9 Å². The van der Waals surface area contributed by atoms with Gasteiger partial charge in [0, 0.05) is 16.6 Å². The average Bonchev–Trinajstić information content (AvgIpc) is 3.03. The molecule has 0 saturated carbocycles. The molecule has 1 heterocycles. The van der Waals surface area contributed by atoms with E-state index in [0.717, 1.165) is 11.1 Å². The van der Waals surface area contributed by atoms with Crippen molar-refractivity contribution in [3.63, 3.8) is 0 Å². The zero-order chi connectivity index (χ0) is 22.2. The predicted molar refractivity (Wildman–Crippen MR) is 117 cm³/mol. The molecule has 0 aromatic heterocycles. The molecule has 0 aliphatic carbocycles. The number of aryl methyl sites for hydroxylation is 2. The zero-order valence-electron chi connectivity index (χ0n) is 18.2. The third-order valence-corrected chi connectivity index (χ3v) is 5.41. The van der Waals surface area contributed by atoms with E-state index in [1.54, 1.807) is 18.2 Å². The van der Waals surface area contributed by atoms with Crippen molar-refractivity contribution in [1.82, 2.24) is 10.4 Å². The summed E-state index contributed by atoms with van der Waals surface area (Å²) in [6.07, 6.45) is 0. The molecule has 0 saturated heterocycles. The van der Waals surface area contributed by atoms with E-state index in [4.69, 9.17) is 4.76 Å². The molecule has 0 bridgehead atoms.